The first-order valence-corrected chi connectivity index (χ1v) is 5.72. The largest absolute Gasteiger partial charge is 0.480 e. The molecule has 0 aromatic heterocycles. The normalized spacial score (nSPS) is 11.6. The molecule has 1 rings (SSSR count). The van der Waals surface area contributed by atoms with E-state index < -0.39 is 17.9 Å². The molecule has 0 aliphatic rings. The molecule has 0 spiro atoms. The van der Waals surface area contributed by atoms with Gasteiger partial charge < -0.3 is 16.2 Å². The van der Waals surface area contributed by atoms with Gasteiger partial charge in [-0.3, -0.25) is 9.59 Å². The lowest BCUT2D eigenvalue weighted by Crippen LogP contribution is -2.38. The quantitative estimate of drug-likeness (QED) is 0.683. The van der Waals surface area contributed by atoms with Crippen molar-refractivity contribution in [3.8, 4) is 0 Å². The summed E-state index contributed by atoms with van der Waals surface area (Å²) in [6.07, 6.45) is 0.475. The molecule has 0 saturated carbocycles. The van der Waals surface area contributed by atoms with E-state index in [1.165, 1.54) is 6.92 Å². The van der Waals surface area contributed by atoms with Gasteiger partial charge in [0.25, 0.3) is 5.91 Å². The summed E-state index contributed by atoms with van der Waals surface area (Å²) in [4.78, 5) is 22.6. The predicted octanol–water partition coefficient (Wildman–Crippen LogP) is 0.718. The smallest absolute Gasteiger partial charge is 0.325 e. The Kier molecular flexibility index (Phi) is 4.79. The van der Waals surface area contributed by atoms with Crippen LogP contribution in [0.2, 0.25) is 0 Å². The van der Waals surface area contributed by atoms with Crippen molar-refractivity contribution in [3.05, 3.63) is 35.4 Å². The van der Waals surface area contributed by atoms with Crippen LogP contribution in [-0.2, 0) is 11.2 Å². The van der Waals surface area contributed by atoms with Crippen LogP contribution in [0.3, 0.4) is 0 Å². The first kappa shape index (κ1) is 14.1. The zero-order chi connectivity index (χ0) is 13.7. The van der Waals surface area contributed by atoms with Crippen LogP contribution in [0.25, 0.3) is 0 Å². The number of aliphatic carboxylic acids is 1. The number of carboxylic acid groups (broad SMARTS) is 1. The van der Waals surface area contributed by atoms with Crippen LogP contribution < -0.4 is 11.1 Å². The number of amides is 1. The molecule has 0 heterocycles. The number of hydrogen-bond donors (Lipinski definition) is 3. The Morgan fingerprint density at radius 1 is 1.39 bits per heavy atom. The summed E-state index contributed by atoms with van der Waals surface area (Å²) in [6.45, 7) is 1.40. The van der Waals surface area contributed by atoms with Crippen molar-refractivity contribution in [2.75, 3.05) is 0 Å². The lowest BCUT2D eigenvalue weighted by molar-refractivity contribution is -0.138. The Balaban J connectivity index is 2.70. The molecule has 5 nitrogen and oxygen atoms in total. The molecule has 0 bridgehead atoms. The Bertz CT molecular complexity index is 471. The van der Waals surface area contributed by atoms with E-state index in [9.17, 15) is 9.59 Å². The van der Waals surface area contributed by atoms with Gasteiger partial charge in [0, 0.05) is 12.0 Å². The molecular weight excluding hydrogens is 252 g/mol. The fraction of sp³-hybridized carbons (Fsp3) is 0.250. The number of carbonyl (C=O) groups is 2. The predicted molar refractivity (Wildman–Crippen MR) is 71.5 cm³/mol. The van der Waals surface area contributed by atoms with Crippen molar-refractivity contribution < 1.29 is 14.7 Å². The molecule has 1 aromatic rings. The molecule has 1 atom stereocenters. The van der Waals surface area contributed by atoms with E-state index in [-0.39, 0.29) is 0 Å². The topological polar surface area (TPSA) is 92.4 Å². The van der Waals surface area contributed by atoms with Crippen molar-refractivity contribution in [2.45, 2.75) is 19.4 Å². The highest BCUT2D eigenvalue weighted by Gasteiger charge is 2.14. The van der Waals surface area contributed by atoms with Crippen molar-refractivity contribution >= 4 is 29.1 Å². The van der Waals surface area contributed by atoms with Gasteiger partial charge in [-0.25, -0.2) is 0 Å². The van der Waals surface area contributed by atoms with Crippen molar-refractivity contribution in [1.29, 1.82) is 0 Å². The summed E-state index contributed by atoms with van der Waals surface area (Å²) in [5.41, 5.74) is 6.71. The molecule has 96 valence electrons. The summed E-state index contributed by atoms with van der Waals surface area (Å²) in [5, 5.41) is 11.0. The molecule has 0 radical (unpaired) electrons. The highest BCUT2D eigenvalue weighted by molar-refractivity contribution is 7.80. The Labute approximate surface area is 110 Å². The molecule has 1 unspecified atom stereocenters. The number of benzene rings is 1. The van der Waals surface area contributed by atoms with E-state index in [1.807, 2.05) is 0 Å². The number of nitrogens with two attached hydrogens (primary N) is 1. The lowest BCUT2D eigenvalue weighted by Gasteiger charge is -2.09. The standard InChI is InChI=1S/C12H14N2O3S/c1-7(12(16)17)14-11(15)9-4-2-8(3-5-9)6-10(13)18/h2-5,7H,6H2,1H3,(H2,13,18)(H,14,15)(H,16,17). The third kappa shape index (κ3) is 4.14. The summed E-state index contributed by atoms with van der Waals surface area (Å²) < 4.78 is 0. The molecule has 1 aromatic carbocycles. The maximum Gasteiger partial charge on any atom is 0.325 e. The summed E-state index contributed by atoms with van der Waals surface area (Å²) >= 11 is 4.78. The molecular formula is C12H14N2O3S. The summed E-state index contributed by atoms with van der Waals surface area (Å²) in [7, 11) is 0. The maximum atomic E-state index is 11.7. The molecule has 0 aliphatic carbocycles. The SMILES string of the molecule is CC(NC(=O)c1ccc(CC(N)=S)cc1)C(=O)O. The molecule has 1 amide bonds. The minimum Gasteiger partial charge on any atom is -0.480 e. The summed E-state index contributed by atoms with van der Waals surface area (Å²) in [5.74, 6) is -1.50. The Morgan fingerprint density at radius 2 is 1.94 bits per heavy atom. The number of hydrogen-bond acceptors (Lipinski definition) is 3. The second-order valence-electron chi connectivity index (χ2n) is 3.87. The fourth-order valence-corrected chi connectivity index (χ4v) is 1.48. The van der Waals surface area contributed by atoms with E-state index in [1.54, 1.807) is 24.3 Å². The van der Waals surface area contributed by atoms with Gasteiger partial charge in [-0.1, -0.05) is 24.4 Å². The van der Waals surface area contributed by atoms with Gasteiger partial charge in [-0.05, 0) is 24.6 Å². The first-order valence-electron chi connectivity index (χ1n) is 5.31. The van der Waals surface area contributed by atoms with E-state index in [2.05, 4.69) is 5.32 Å². The average Bonchev–Trinajstić information content (AvgIpc) is 2.28. The summed E-state index contributed by atoms with van der Waals surface area (Å²) in [6, 6.07) is 5.77. The van der Waals surface area contributed by atoms with Gasteiger partial charge in [0.2, 0.25) is 0 Å². The van der Waals surface area contributed by atoms with Crippen LogP contribution in [-0.4, -0.2) is 28.0 Å². The van der Waals surface area contributed by atoms with Crippen LogP contribution >= 0.6 is 12.2 Å². The monoisotopic (exact) mass is 266 g/mol. The highest BCUT2D eigenvalue weighted by Crippen LogP contribution is 2.05. The molecule has 0 saturated heterocycles. The number of carbonyl (C=O) groups excluding carboxylic acids is 1. The van der Waals surface area contributed by atoms with E-state index in [0.717, 1.165) is 5.56 Å². The van der Waals surface area contributed by atoms with Gasteiger partial charge in [0.05, 0.1) is 4.99 Å². The van der Waals surface area contributed by atoms with E-state index >= 15 is 0 Å². The third-order valence-electron chi connectivity index (χ3n) is 2.31. The third-order valence-corrected chi connectivity index (χ3v) is 2.46. The second-order valence-corrected chi connectivity index (χ2v) is 4.40. The minimum atomic E-state index is -1.08. The van der Waals surface area contributed by atoms with Crippen molar-refractivity contribution in [2.24, 2.45) is 5.73 Å². The van der Waals surface area contributed by atoms with Gasteiger partial charge in [-0.15, -0.1) is 0 Å². The van der Waals surface area contributed by atoms with Gasteiger partial charge in [0.1, 0.15) is 6.04 Å². The van der Waals surface area contributed by atoms with Crippen LogP contribution in [0.5, 0.6) is 0 Å². The first-order chi connectivity index (χ1) is 8.40. The molecule has 0 fully saturated rings. The molecule has 0 aliphatic heterocycles. The number of thiocarbonyl (C=S) groups is 1. The number of nitrogens with one attached hydrogen (secondary N) is 1. The van der Waals surface area contributed by atoms with Crippen LogP contribution in [0.4, 0.5) is 0 Å². The van der Waals surface area contributed by atoms with Gasteiger partial charge >= 0.3 is 5.97 Å². The maximum absolute atomic E-state index is 11.7. The zero-order valence-corrected chi connectivity index (χ0v) is 10.7. The van der Waals surface area contributed by atoms with Gasteiger partial charge in [-0.2, -0.15) is 0 Å². The fourth-order valence-electron chi connectivity index (χ4n) is 1.32. The van der Waals surface area contributed by atoms with E-state index in [4.69, 9.17) is 23.1 Å². The minimum absolute atomic E-state index is 0.381. The molecule has 4 N–H and O–H groups in total. The number of rotatable bonds is 5. The highest BCUT2D eigenvalue weighted by atomic mass is 32.1. The van der Waals surface area contributed by atoms with E-state index in [0.29, 0.717) is 17.0 Å². The van der Waals surface area contributed by atoms with Crippen LogP contribution in [0, 0.1) is 0 Å². The number of carboxylic acids is 1. The Morgan fingerprint density at radius 3 is 2.39 bits per heavy atom. The van der Waals surface area contributed by atoms with Gasteiger partial charge in [0.15, 0.2) is 0 Å². The van der Waals surface area contributed by atoms with Crippen LogP contribution in [0.1, 0.15) is 22.8 Å². The lowest BCUT2D eigenvalue weighted by atomic mass is 10.1. The molecule has 18 heavy (non-hydrogen) atoms. The van der Waals surface area contributed by atoms with Crippen molar-refractivity contribution in [3.63, 3.8) is 0 Å². The Hall–Kier alpha value is -1.95. The average molecular weight is 266 g/mol. The van der Waals surface area contributed by atoms with Crippen LogP contribution in [0.15, 0.2) is 24.3 Å². The van der Waals surface area contributed by atoms with Crippen molar-refractivity contribution in [1.82, 2.24) is 5.32 Å². The molecule has 6 heteroatoms. The second kappa shape index (κ2) is 6.11. The zero-order valence-electron chi connectivity index (χ0n) is 9.84.